The second-order valence-corrected chi connectivity index (χ2v) is 5.61. The Hall–Kier alpha value is -1.21. The highest BCUT2D eigenvalue weighted by atomic mass is 79.9. The van der Waals surface area contributed by atoms with Gasteiger partial charge in [0.2, 0.25) is 0 Å². The molecule has 2 aromatic heterocycles. The van der Waals surface area contributed by atoms with Gasteiger partial charge >= 0.3 is 0 Å². The van der Waals surface area contributed by atoms with Crippen molar-refractivity contribution in [2.24, 2.45) is 7.05 Å². The average molecular weight is 315 g/mol. The highest BCUT2D eigenvalue weighted by Crippen LogP contribution is 2.18. The summed E-state index contributed by atoms with van der Waals surface area (Å²) in [7, 11) is 1.61. The Morgan fingerprint density at radius 1 is 1.53 bits per heavy atom. The third-order valence-electron chi connectivity index (χ3n) is 2.20. The Morgan fingerprint density at radius 2 is 2.29 bits per heavy atom. The van der Waals surface area contributed by atoms with Crippen molar-refractivity contribution in [2.75, 3.05) is 5.32 Å². The molecule has 0 spiro atoms. The van der Waals surface area contributed by atoms with Crippen LogP contribution in [-0.2, 0) is 13.6 Å². The van der Waals surface area contributed by atoms with Gasteiger partial charge in [-0.05, 0) is 22.9 Å². The minimum Gasteiger partial charge on any atom is -0.378 e. The molecule has 0 saturated heterocycles. The molecule has 0 fully saturated rings. The van der Waals surface area contributed by atoms with E-state index in [2.05, 4.69) is 31.3 Å². The van der Waals surface area contributed by atoms with Crippen molar-refractivity contribution in [1.29, 1.82) is 0 Å². The summed E-state index contributed by atoms with van der Waals surface area (Å²) in [6.07, 6.45) is 3.45. The predicted octanol–water partition coefficient (Wildman–Crippen LogP) is 1.92. The van der Waals surface area contributed by atoms with Gasteiger partial charge in [0.15, 0.2) is 0 Å². The summed E-state index contributed by atoms with van der Waals surface area (Å²) in [5, 5.41) is 8.15. The number of nitrogens with zero attached hydrogens (tertiary/aromatic N) is 3. The van der Waals surface area contributed by atoms with Crippen LogP contribution < -0.4 is 10.9 Å². The summed E-state index contributed by atoms with van der Waals surface area (Å²) in [4.78, 5) is 16.9. The molecule has 0 amide bonds. The van der Waals surface area contributed by atoms with Crippen LogP contribution >= 0.6 is 27.3 Å². The van der Waals surface area contributed by atoms with E-state index in [0.717, 1.165) is 9.88 Å². The predicted molar refractivity (Wildman–Crippen MR) is 71.4 cm³/mol. The fraction of sp³-hybridized carbons (Fsp3) is 0.300. The number of rotatable bonds is 3. The lowest BCUT2D eigenvalue weighted by Crippen LogP contribution is -2.21. The van der Waals surface area contributed by atoms with Gasteiger partial charge in [0, 0.05) is 18.1 Å². The molecule has 0 aromatic carbocycles. The fourth-order valence-electron chi connectivity index (χ4n) is 1.30. The first-order valence-electron chi connectivity index (χ1n) is 4.95. The second kappa shape index (κ2) is 4.97. The summed E-state index contributed by atoms with van der Waals surface area (Å²) >= 11 is 4.89. The van der Waals surface area contributed by atoms with E-state index in [4.69, 9.17) is 0 Å². The van der Waals surface area contributed by atoms with Crippen LogP contribution in [0, 0.1) is 6.92 Å². The van der Waals surface area contributed by atoms with E-state index in [1.807, 2.05) is 13.1 Å². The van der Waals surface area contributed by atoms with Crippen LogP contribution in [0.5, 0.6) is 0 Å². The lowest BCUT2D eigenvalue weighted by Gasteiger charge is -2.06. The standard InChI is InChI=1S/C10H11BrN4OS/c1-6-12-3-7(17-6)4-13-8-5-14-15(2)10(16)9(8)11/h3,5,13H,4H2,1-2H3. The first-order valence-corrected chi connectivity index (χ1v) is 6.56. The molecule has 0 unspecified atom stereocenters. The summed E-state index contributed by atoms with van der Waals surface area (Å²) in [5.74, 6) is 0. The molecule has 0 bridgehead atoms. The first kappa shape index (κ1) is 12.3. The van der Waals surface area contributed by atoms with E-state index in [9.17, 15) is 4.79 Å². The molecular weight excluding hydrogens is 304 g/mol. The van der Waals surface area contributed by atoms with E-state index >= 15 is 0 Å². The maximum atomic E-state index is 11.6. The Kier molecular flexibility index (Phi) is 3.58. The van der Waals surface area contributed by atoms with Crippen LogP contribution in [0.2, 0.25) is 0 Å². The molecule has 7 heteroatoms. The Balaban J connectivity index is 2.15. The second-order valence-electron chi connectivity index (χ2n) is 3.50. The Morgan fingerprint density at radius 3 is 2.94 bits per heavy atom. The number of anilines is 1. The molecule has 1 N–H and O–H groups in total. The number of aryl methyl sites for hydroxylation is 2. The van der Waals surface area contributed by atoms with Gasteiger partial charge < -0.3 is 5.32 Å². The fourth-order valence-corrected chi connectivity index (χ4v) is 2.54. The smallest absolute Gasteiger partial charge is 0.282 e. The molecule has 90 valence electrons. The van der Waals surface area contributed by atoms with E-state index in [-0.39, 0.29) is 5.56 Å². The lowest BCUT2D eigenvalue weighted by molar-refractivity contribution is 0.703. The van der Waals surface area contributed by atoms with Crippen molar-refractivity contribution in [3.63, 3.8) is 0 Å². The van der Waals surface area contributed by atoms with Gasteiger partial charge in [-0.15, -0.1) is 11.3 Å². The lowest BCUT2D eigenvalue weighted by atomic mass is 10.4. The Labute approximate surface area is 111 Å². The van der Waals surface area contributed by atoms with Crippen LogP contribution in [0.1, 0.15) is 9.88 Å². The van der Waals surface area contributed by atoms with Crippen molar-refractivity contribution in [3.8, 4) is 0 Å². The summed E-state index contributed by atoms with van der Waals surface area (Å²) < 4.78 is 1.78. The van der Waals surface area contributed by atoms with E-state index in [1.165, 1.54) is 4.68 Å². The summed E-state index contributed by atoms with van der Waals surface area (Å²) in [6, 6.07) is 0. The zero-order valence-corrected chi connectivity index (χ0v) is 11.8. The number of hydrogen-bond acceptors (Lipinski definition) is 5. The molecule has 0 aliphatic heterocycles. The van der Waals surface area contributed by atoms with Crippen LogP contribution in [0.15, 0.2) is 21.7 Å². The quantitative estimate of drug-likeness (QED) is 0.940. The third-order valence-corrected chi connectivity index (χ3v) is 3.88. The van der Waals surface area contributed by atoms with Crippen molar-refractivity contribution < 1.29 is 0 Å². The number of nitrogens with one attached hydrogen (secondary N) is 1. The molecule has 2 rings (SSSR count). The zero-order valence-electron chi connectivity index (χ0n) is 9.40. The van der Waals surface area contributed by atoms with E-state index < -0.39 is 0 Å². The van der Waals surface area contributed by atoms with Crippen molar-refractivity contribution >= 4 is 33.0 Å². The number of thiazole rings is 1. The van der Waals surface area contributed by atoms with Gasteiger partial charge in [-0.1, -0.05) is 0 Å². The van der Waals surface area contributed by atoms with E-state index in [1.54, 1.807) is 24.6 Å². The van der Waals surface area contributed by atoms with Crippen molar-refractivity contribution in [3.05, 3.63) is 37.1 Å². The van der Waals surface area contributed by atoms with Gasteiger partial charge in [-0.2, -0.15) is 5.10 Å². The van der Waals surface area contributed by atoms with Crippen molar-refractivity contribution in [1.82, 2.24) is 14.8 Å². The van der Waals surface area contributed by atoms with Gasteiger partial charge in [0.05, 0.1) is 23.4 Å². The maximum absolute atomic E-state index is 11.6. The zero-order chi connectivity index (χ0) is 12.4. The maximum Gasteiger partial charge on any atom is 0.282 e. The van der Waals surface area contributed by atoms with Gasteiger partial charge in [0.1, 0.15) is 4.47 Å². The number of hydrogen-bond donors (Lipinski definition) is 1. The summed E-state index contributed by atoms with van der Waals surface area (Å²) in [5.41, 5.74) is 0.537. The van der Waals surface area contributed by atoms with Crippen LogP contribution in [-0.4, -0.2) is 14.8 Å². The monoisotopic (exact) mass is 314 g/mol. The van der Waals surface area contributed by atoms with Crippen LogP contribution in [0.25, 0.3) is 0 Å². The molecule has 0 aliphatic rings. The number of halogens is 1. The summed E-state index contributed by atoms with van der Waals surface area (Å²) in [6.45, 7) is 2.60. The Bertz CT molecular complexity index is 592. The average Bonchev–Trinajstić information content (AvgIpc) is 2.71. The topological polar surface area (TPSA) is 59.8 Å². The molecule has 0 aliphatic carbocycles. The third kappa shape index (κ3) is 2.73. The largest absolute Gasteiger partial charge is 0.378 e. The van der Waals surface area contributed by atoms with Crippen LogP contribution in [0.3, 0.4) is 0 Å². The molecule has 0 saturated carbocycles. The van der Waals surface area contributed by atoms with E-state index in [0.29, 0.717) is 16.7 Å². The normalized spacial score (nSPS) is 10.5. The van der Waals surface area contributed by atoms with Gasteiger partial charge in [-0.25, -0.2) is 9.67 Å². The molecule has 2 heterocycles. The van der Waals surface area contributed by atoms with Gasteiger partial charge in [0.25, 0.3) is 5.56 Å². The van der Waals surface area contributed by atoms with Crippen LogP contribution in [0.4, 0.5) is 5.69 Å². The highest BCUT2D eigenvalue weighted by Gasteiger charge is 2.06. The highest BCUT2D eigenvalue weighted by molar-refractivity contribution is 9.10. The minimum atomic E-state index is -0.157. The molecular formula is C10H11BrN4OS. The molecule has 17 heavy (non-hydrogen) atoms. The first-order chi connectivity index (χ1) is 8.08. The SMILES string of the molecule is Cc1ncc(CNc2cnn(C)c(=O)c2Br)s1. The number of aromatic nitrogens is 3. The van der Waals surface area contributed by atoms with Crippen molar-refractivity contribution in [2.45, 2.75) is 13.5 Å². The minimum absolute atomic E-state index is 0.157. The molecule has 0 atom stereocenters. The van der Waals surface area contributed by atoms with Gasteiger partial charge in [-0.3, -0.25) is 4.79 Å². The molecule has 5 nitrogen and oxygen atoms in total. The molecule has 0 radical (unpaired) electrons. The molecule has 2 aromatic rings.